The van der Waals surface area contributed by atoms with Crippen LogP contribution in [0.3, 0.4) is 0 Å². The molecule has 2 N–H and O–H groups in total. The van der Waals surface area contributed by atoms with E-state index in [1.807, 2.05) is 0 Å². The Labute approximate surface area is 169 Å². The first-order valence-electron chi connectivity index (χ1n) is 8.87. The fourth-order valence-corrected chi connectivity index (χ4v) is 2.80. The second kappa shape index (κ2) is 9.63. The van der Waals surface area contributed by atoms with E-state index >= 15 is 0 Å². The van der Waals surface area contributed by atoms with Gasteiger partial charge in [-0.2, -0.15) is 5.10 Å². The summed E-state index contributed by atoms with van der Waals surface area (Å²) in [5, 5.41) is 4.00. The third kappa shape index (κ3) is 4.68. The summed E-state index contributed by atoms with van der Waals surface area (Å²) in [7, 11) is 4.42. The molecule has 2 aromatic rings. The van der Waals surface area contributed by atoms with Gasteiger partial charge in [0.25, 0.3) is 5.91 Å². The summed E-state index contributed by atoms with van der Waals surface area (Å²) in [4.78, 5) is 27.4. The fourth-order valence-electron chi connectivity index (χ4n) is 2.80. The monoisotopic (exact) mass is 403 g/mol. The maximum Gasteiger partial charge on any atom is 0.355 e. The molecule has 0 aliphatic rings. The zero-order valence-corrected chi connectivity index (χ0v) is 17.3. The van der Waals surface area contributed by atoms with Crippen LogP contribution in [0, 0.1) is 13.8 Å². The lowest BCUT2D eigenvalue weighted by Crippen LogP contribution is -2.18. The SMILES string of the molecule is CCOC(=O)c1[nH]c(C)c(/C=N/NC(=O)c2cc(OC)c(OC)c(OC)c2)c1C. The molecule has 29 heavy (non-hydrogen) atoms. The second-order valence-corrected chi connectivity index (χ2v) is 6.00. The number of carbonyl (C=O) groups is 2. The number of hydrogen-bond acceptors (Lipinski definition) is 7. The van der Waals surface area contributed by atoms with Crippen molar-refractivity contribution < 1.29 is 28.5 Å². The molecule has 0 saturated carbocycles. The predicted octanol–water partition coefficient (Wildman–Crippen LogP) is 2.60. The number of hydrazone groups is 1. The summed E-state index contributed by atoms with van der Waals surface area (Å²) in [6.07, 6.45) is 1.47. The highest BCUT2D eigenvalue weighted by molar-refractivity contribution is 5.97. The molecule has 0 bridgehead atoms. The molecule has 0 radical (unpaired) electrons. The molecule has 0 spiro atoms. The maximum atomic E-state index is 12.5. The van der Waals surface area contributed by atoms with Crippen LogP contribution in [0.1, 0.15) is 44.6 Å². The Balaban J connectivity index is 2.21. The summed E-state index contributed by atoms with van der Waals surface area (Å²) < 4.78 is 20.8. The molecule has 1 aromatic carbocycles. The number of carbonyl (C=O) groups excluding carboxylic acids is 2. The average Bonchev–Trinajstić information content (AvgIpc) is 3.00. The summed E-state index contributed by atoms with van der Waals surface area (Å²) in [5.41, 5.74) is 5.21. The van der Waals surface area contributed by atoms with Crippen LogP contribution in [-0.4, -0.2) is 51.0 Å². The number of benzene rings is 1. The Morgan fingerprint density at radius 2 is 1.72 bits per heavy atom. The van der Waals surface area contributed by atoms with Crippen LogP contribution in [-0.2, 0) is 4.74 Å². The van der Waals surface area contributed by atoms with Gasteiger partial charge in [-0.1, -0.05) is 0 Å². The number of aromatic nitrogens is 1. The van der Waals surface area contributed by atoms with E-state index in [0.717, 1.165) is 5.69 Å². The highest BCUT2D eigenvalue weighted by Crippen LogP contribution is 2.38. The van der Waals surface area contributed by atoms with Gasteiger partial charge < -0.3 is 23.9 Å². The number of rotatable bonds is 8. The van der Waals surface area contributed by atoms with Crippen LogP contribution in [0.5, 0.6) is 17.2 Å². The Kier molecular flexibility index (Phi) is 7.24. The van der Waals surface area contributed by atoms with Crippen molar-refractivity contribution in [1.29, 1.82) is 0 Å². The Bertz CT molecular complexity index is 908. The number of methoxy groups -OCH3 is 3. The topological polar surface area (TPSA) is 111 Å². The largest absolute Gasteiger partial charge is 0.493 e. The number of ether oxygens (including phenoxy) is 4. The summed E-state index contributed by atoms with van der Waals surface area (Å²) in [5.74, 6) is 0.209. The average molecular weight is 403 g/mol. The number of nitrogens with zero attached hydrogens (tertiary/aromatic N) is 1. The minimum absolute atomic E-state index is 0.282. The lowest BCUT2D eigenvalue weighted by atomic mass is 10.1. The van der Waals surface area contributed by atoms with Crippen molar-refractivity contribution in [2.75, 3.05) is 27.9 Å². The van der Waals surface area contributed by atoms with Crippen molar-refractivity contribution in [3.05, 3.63) is 40.2 Å². The first-order valence-corrected chi connectivity index (χ1v) is 8.87. The molecule has 1 amide bonds. The molecule has 0 saturated heterocycles. The van der Waals surface area contributed by atoms with E-state index in [9.17, 15) is 9.59 Å². The van der Waals surface area contributed by atoms with Gasteiger partial charge in [-0.05, 0) is 38.5 Å². The fraction of sp³-hybridized carbons (Fsp3) is 0.350. The Hall–Kier alpha value is -3.49. The molecular weight excluding hydrogens is 378 g/mol. The van der Waals surface area contributed by atoms with E-state index in [0.29, 0.717) is 34.1 Å². The first kappa shape index (κ1) is 21.8. The van der Waals surface area contributed by atoms with E-state index in [2.05, 4.69) is 15.5 Å². The van der Waals surface area contributed by atoms with Gasteiger partial charge >= 0.3 is 5.97 Å². The normalized spacial score (nSPS) is 10.7. The minimum Gasteiger partial charge on any atom is -0.493 e. The molecular formula is C20H25N3O6. The molecule has 156 valence electrons. The zero-order chi connectivity index (χ0) is 21.6. The van der Waals surface area contributed by atoms with Gasteiger partial charge in [-0.15, -0.1) is 0 Å². The van der Waals surface area contributed by atoms with Crippen LogP contribution in [0.2, 0.25) is 0 Å². The molecule has 1 aromatic heterocycles. The summed E-state index contributed by atoms with van der Waals surface area (Å²) in [6.45, 7) is 5.60. The van der Waals surface area contributed by atoms with Crippen molar-refractivity contribution in [2.24, 2.45) is 5.10 Å². The van der Waals surface area contributed by atoms with Gasteiger partial charge in [0, 0.05) is 16.8 Å². The number of aromatic amines is 1. The van der Waals surface area contributed by atoms with Gasteiger partial charge in [-0.3, -0.25) is 4.79 Å². The lowest BCUT2D eigenvalue weighted by molar-refractivity contribution is 0.0519. The van der Waals surface area contributed by atoms with Gasteiger partial charge in [0.1, 0.15) is 5.69 Å². The molecule has 9 nitrogen and oxygen atoms in total. The zero-order valence-electron chi connectivity index (χ0n) is 17.3. The number of esters is 1. The van der Waals surface area contributed by atoms with Crippen LogP contribution in [0.25, 0.3) is 0 Å². The summed E-state index contributed by atoms with van der Waals surface area (Å²) >= 11 is 0. The van der Waals surface area contributed by atoms with Crippen LogP contribution < -0.4 is 19.6 Å². The lowest BCUT2D eigenvalue weighted by Gasteiger charge is -2.13. The first-order chi connectivity index (χ1) is 13.9. The Morgan fingerprint density at radius 1 is 1.10 bits per heavy atom. The van der Waals surface area contributed by atoms with Crippen molar-refractivity contribution in [3.8, 4) is 17.2 Å². The van der Waals surface area contributed by atoms with Gasteiger partial charge in [0.05, 0.1) is 34.2 Å². The predicted molar refractivity (Wildman–Crippen MR) is 107 cm³/mol. The van der Waals surface area contributed by atoms with Crippen LogP contribution >= 0.6 is 0 Å². The quantitative estimate of drug-likeness (QED) is 0.398. The maximum absolute atomic E-state index is 12.5. The third-order valence-corrected chi connectivity index (χ3v) is 4.26. The van der Waals surface area contributed by atoms with Gasteiger partial charge in [0.15, 0.2) is 11.5 Å². The van der Waals surface area contributed by atoms with Crippen molar-refractivity contribution in [1.82, 2.24) is 10.4 Å². The molecule has 0 atom stereocenters. The molecule has 0 aliphatic heterocycles. The van der Waals surface area contributed by atoms with Gasteiger partial charge in [-0.25, -0.2) is 10.2 Å². The number of aryl methyl sites for hydroxylation is 1. The molecule has 9 heteroatoms. The van der Waals surface area contributed by atoms with Crippen LogP contribution in [0.15, 0.2) is 17.2 Å². The highest BCUT2D eigenvalue weighted by Gasteiger charge is 2.18. The number of amides is 1. The summed E-state index contributed by atoms with van der Waals surface area (Å²) in [6, 6.07) is 3.05. The molecule has 0 aliphatic carbocycles. The molecule has 0 fully saturated rings. The second-order valence-electron chi connectivity index (χ2n) is 6.00. The van der Waals surface area contributed by atoms with Crippen molar-refractivity contribution in [3.63, 3.8) is 0 Å². The number of nitrogens with one attached hydrogen (secondary N) is 2. The Morgan fingerprint density at radius 3 is 2.24 bits per heavy atom. The number of H-pyrrole nitrogens is 1. The van der Waals surface area contributed by atoms with E-state index in [1.54, 1.807) is 20.8 Å². The highest BCUT2D eigenvalue weighted by atomic mass is 16.5. The number of hydrogen-bond donors (Lipinski definition) is 2. The molecule has 2 rings (SSSR count). The van der Waals surface area contributed by atoms with Crippen molar-refractivity contribution >= 4 is 18.1 Å². The molecule has 1 heterocycles. The van der Waals surface area contributed by atoms with Crippen LogP contribution in [0.4, 0.5) is 0 Å². The van der Waals surface area contributed by atoms with Gasteiger partial charge in [0.2, 0.25) is 5.75 Å². The van der Waals surface area contributed by atoms with E-state index < -0.39 is 11.9 Å². The molecule has 0 unspecified atom stereocenters. The standard InChI is InChI=1S/C20H25N3O6/c1-7-29-20(25)17-11(2)14(12(3)22-17)10-21-23-19(24)13-8-15(26-4)18(28-6)16(9-13)27-5/h8-10,22H,7H2,1-6H3,(H,23,24)/b21-10+. The van der Waals surface area contributed by atoms with E-state index in [4.69, 9.17) is 18.9 Å². The van der Waals surface area contributed by atoms with E-state index in [-0.39, 0.29) is 12.2 Å². The van der Waals surface area contributed by atoms with E-state index in [1.165, 1.54) is 39.7 Å². The third-order valence-electron chi connectivity index (χ3n) is 4.26. The smallest absolute Gasteiger partial charge is 0.355 e. The minimum atomic E-state index is -0.461. The van der Waals surface area contributed by atoms with Crippen molar-refractivity contribution in [2.45, 2.75) is 20.8 Å².